The summed E-state index contributed by atoms with van der Waals surface area (Å²) in [7, 11) is 1.57. The summed E-state index contributed by atoms with van der Waals surface area (Å²) in [6, 6.07) is 16.9. The van der Waals surface area contributed by atoms with Crippen LogP contribution in [0.25, 0.3) is 22.3 Å². The smallest absolute Gasteiger partial charge is 0.343 e. The fourth-order valence-electron chi connectivity index (χ4n) is 3.44. The summed E-state index contributed by atoms with van der Waals surface area (Å²) in [6.07, 6.45) is 0. The van der Waals surface area contributed by atoms with Gasteiger partial charge in [0.05, 0.1) is 18.1 Å². The van der Waals surface area contributed by atoms with Crippen molar-refractivity contribution in [2.45, 2.75) is 13.8 Å². The zero-order valence-electron chi connectivity index (χ0n) is 17.2. The molecule has 1 aromatic heterocycles. The van der Waals surface area contributed by atoms with E-state index in [0.717, 1.165) is 11.1 Å². The molecule has 31 heavy (non-hydrogen) atoms. The van der Waals surface area contributed by atoms with Gasteiger partial charge in [-0.15, -0.1) is 0 Å². The standard InChI is InChI=1S/C25H19ClO5/c1-14-12-15(2)21-20(13-14)30-23(16-6-10-19(29-3)11-7-16)24(22(21)27)31-25(28)17-4-8-18(26)9-5-17/h4-13H,1-3H3. The Morgan fingerprint density at radius 1 is 0.968 bits per heavy atom. The molecule has 0 saturated heterocycles. The van der Waals surface area contributed by atoms with Gasteiger partial charge in [0.1, 0.15) is 11.3 Å². The summed E-state index contributed by atoms with van der Waals surface area (Å²) in [4.78, 5) is 26.2. The van der Waals surface area contributed by atoms with E-state index in [1.165, 1.54) is 12.1 Å². The lowest BCUT2D eigenvalue weighted by atomic mass is 10.0. The predicted octanol–water partition coefficient (Wildman–Crippen LogP) is 5.96. The Morgan fingerprint density at radius 2 is 1.65 bits per heavy atom. The van der Waals surface area contributed by atoms with Crippen molar-refractivity contribution in [1.82, 2.24) is 0 Å². The van der Waals surface area contributed by atoms with Gasteiger partial charge in [-0.2, -0.15) is 0 Å². The summed E-state index contributed by atoms with van der Waals surface area (Å²) in [6.45, 7) is 3.75. The van der Waals surface area contributed by atoms with Gasteiger partial charge >= 0.3 is 5.97 Å². The van der Waals surface area contributed by atoms with Crippen LogP contribution in [0.2, 0.25) is 5.02 Å². The minimum atomic E-state index is -0.678. The second-order valence-corrected chi connectivity index (χ2v) is 7.61. The number of carbonyl (C=O) groups is 1. The molecule has 0 unspecified atom stereocenters. The highest BCUT2D eigenvalue weighted by Gasteiger charge is 2.22. The van der Waals surface area contributed by atoms with Crippen LogP contribution in [-0.2, 0) is 0 Å². The van der Waals surface area contributed by atoms with Crippen molar-refractivity contribution in [3.63, 3.8) is 0 Å². The van der Waals surface area contributed by atoms with E-state index >= 15 is 0 Å². The molecule has 1 heterocycles. The molecule has 3 aromatic carbocycles. The van der Waals surface area contributed by atoms with Crippen LogP contribution in [0.5, 0.6) is 11.5 Å². The Bertz CT molecular complexity index is 1340. The van der Waals surface area contributed by atoms with E-state index in [9.17, 15) is 9.59 Å². The highest BCUT2D eigenvalue weighted by atomic mass is 35.5. The van der Waals surface area contributed by atoms with E-state index in [-0.39, 0.29) is 17.1 Å². The minimum Gasteiger partial charge on any atom is -0.497 e. The lowest BCUT2D eigenvalue weighted by Crippen LogP contribution is -2.17. The molecule has 0 saturated carbocycles. The van der Waals surface area contributed by atoms with Gasteiger partial charge in [-0.25, -0.2) is 4.79 Å². The lowest BCUT2D eigenvalue weighted by Gasteiger charge is -2.12. The SMILES string of the molecule is COc1ccc(-c2oc3cc(C)cc(C)c3c(=O)c2OC(=O)c2ccc(Cl)cc2)cc1. The maximum absolute atomic E-state index is 13.4. The van der Waals surface area contributed by atoms with Gasteiger partial charge in [0.15, 0.2) is 5.76 Å². The van der Waals surface area contributed by atoms with E-state index in [1.54, 1.807) is 49.6 Å². The number of hydrogen-bond acceptors (Lipinski definition) is 5. The molecular weight excluding hydrogens is 416 g/mol. The first-order valence-corrected chi connectivity index (χ1v) is 9.95. The molecule has 0 fully saturated rings. The number of esters is 1. The highest BCUT2D eigenvalue weighted by molar-refractivity contribution is 6.30. The van der Waals surface area contributed by atoms with Crippen LogP contribution in [0, 0.1) is 13.8 Å². The molecule has 0 radical (unpaired) electrons. The first kappa shape index (κ1) is 20.7. The van der Waals surface area contributed by atoms with Crippen LogP contribution in [-0.4, -0.2) is 13.1 Å². The first-order valence-electron chi connectivity index (χ1n) is 9.57. The van der Waals surface area contributed by atoms with Gasteiger partial charge in [0.2, 0.25) is 11.2 Å². The summed E-state index contributed by atoms with van der Waals surface area (Å²) < 4.78 is 16.9. The Kier molecular flexibility index (Phi) is 5.53. The van der Waals surface area contributed by atoms with Crippen molar-refractivity contribution in [3.05, 3.63) is 92.6 Å². The number of methoxy groups -OCH3 is 1. The molecule has 0 N–H and O–H groups in total. The molecule has 5 nitrogen and oxygen atoms in total. The van der Waals surface area contributed by atoms with E-state index in [0.29, 0.717) is 27.3 Å². The first-order chi connectivity index (χ1) is 14.9. The number of benzene rings is 3. The van der Waals surface area contributed by atoms with Crippen LogP contribution >= 0.6 is 11.6 Å². The fraction of sp³-hybridized carbons (Fsp3) is 0.120. The normalized spacial score (nSPS) is 10.8. The van der Waals surface area contributed by atoms with Crippen molar-refractivity contribution in [3.8, 4) is 22.8 Å². The summed E-state index contributed by atoms with van der Waals surface area (Å²) in [5.41, 5.74) is 2.57. The van der Waals surface area contributed by atoms with Crippen LogP contribution in [0.4, 0.5) is 0 Å². The van der Waals surface area contributed by atoms with Crippen molar-refractivity contribution in [1.29, 1.82) is 0 Å². The van der Waals surface area contributed by atoms with Crippen LogP contribution < -0.4 is 14.9 Å². The molecule has 156 valence electrons. The van der Waals surface area contributed by atoms with Crippen molar-refractivity contribution in [2.75, 3.05) is 7.11 Å². The molecule has 4 rings (SSSR count). The van der Waals surface area contributed by atoms with Crippen molar-refractivity contribution >= 4 is 28.5 Å². The number of fused-ring (bicyclic) bond motifs is 1. The quantitative estimate of drug-likeness (QED) is 0.371. The molecular formula is C25H19ClO5. The maximum atomic E-state index is 13.4. The van der Waals surface area contributed by atoms with Crippen molar-refractivity contribution < 1.29 is 18.7 Å². The van der Waals surface area contributed by atoms with Crippen molar-refractivity contribution in [2.24, 2.45) is 0 Å². The number of halogens is 1. The lowest BCUT2D eigenvalue weighted by molar-refractivity contribution is 0.0731. The second kappa shape index (κ2) is 8.28. The third-order valence-corrected chi connectivity index (χ3v) is 5.17. The van der Waals surface area contributed by atoms with Gasteiger partial charge in [-0.1, -0.05) is 17.7 Å². The molecule has 0 aliphatic rings. The maximum Gasteiger partial charge on any atom is 0.343 e. The topological polar surface area (TPSA) is 65.7 Å². The van der Waals surface area contributed by atoms with Gasteiger partial charge in [0, 0.05) is 10.6 Å². The monoisotopic (exact) mass is 434 g/mol. The van der Waals surface area contributed by atoms with Gasteiger partial charge < -0.3 is 13.9 Å². The van der Waals surface area contributed by atoms with E-state index < -0.39 is 11.4 Å². The van der Waals surface area contributed by atoms with Gasteiger partial charge in [0.25, 0.3) is 0 Å². The van der Waals surface area contributed by atoms with E-state index in [4.69, 9.17) is 25.5 Å². The minimum absolute atomic E-state index is 0.162. The Labute approximate surface area is 183 Å². The molecule has 6 heteroatoms. The molecule has 0 spiro atoms. The highest BCUT2D eigenvalue weighted by Crippen LogP contribution is 2.33. The number of carbonyl (C=O) groups excluding carboxylic acids is 1. The molecule has 0 amide bonds. The van der Waals surface area contributed by atoms with Gasteiger partial charge in [-0.05, 0) is 79.6 Å². The fourth-order valence-corrected chi connectivity index (χ4v) is 3.56. The number of aryl methyl sites for hydroxylation is 2. The molecule has 0 atom stereocenters. The van der Waals surface area contributed by atoms with E-state index in [2.05, 4.69) is 0 Å². The van der Waals surface area contributed by atoms with Crippen LogP contribution in [0.3, 0.4) is 0 Å². The number of ether oxygens (including phenoxy) is 2. The molecule has 0 bridgehead atoms. The third kappa shape index (κ3) is 4.05. The summed E-state index contributed by atoms with van der Waals surface area (Å²) in [5.74, 6) is -0.0156. The average Bonchev–Trinajstić information content (AvgIpc) is 2.75. The van der Waals surface area contributed by atoms with Gasteiger partial charge in [-0.3, -0.25) is 4.79 Å². The third-order valence-electron chi connectivity index (χ3n) is 4.92. The Balaban J connectivity index is 1.92. The second-order valence-electron chi connectivity index (χ2n) is 7.17. The largest absolute Gasteiger partial charge is 0.497 e. The van der Waals surface area contributed by atoms with E-state index in [1.807, 2.05) is 19.9 Å². The molecule has 0 aliphatic carbocycles. The zero-order chi connectivity index (χ0) is 22.1. The van der Waals surface area contributed by atoms with Crippen LogP contribution in [0.15, 0.2) is 69.9 Å². The van der Waals surface area contributed by atoms with Crippen LogP contribution in [0.1, 0.15) is 21.5 Å². The number of rotatable bonds is 4. The average molecular weight is 435 g/mol. The number of hydrogen-bond donors (Lipinski definition) is 0. The summed E-state index contributed by atoms with van der Waals surface area (Å²) >= 11 is 5.90. The molecule has 4 aromatic rings. The Morgan fingerprint density at radius 3 is 2.29 bits per heavy atom. The zero-order valence-corrected chi connectivity index (χ0v) is 17.9. The molecule has 0 aliphatic heterocycles. The Hall–Kier alpha value is -3.57. The summed E-state index contributed by atoms with van der Waals surface area (Å²) in [5, 5.41) is 0.869. The predicted molar refractivity (Wildman–Crippen MR) is 120 cm³/mol.